The molecule has 0 fully saturated rings. The summed E-state index contributed by atoms with van der Waals surface area (Å²) >= 11 is 0. The Balaban J connectivity index is 1.48. The number of non-ortho nitro benzene ring substituents is 1. The van der Waals surface area contributed by atoms with Crippen LogP contribution in [0.15, 0.2) is 71.8 Å². The van der Waals surface area contributed by atoms with E-state index in [0.717, 1.165) is 36.3 Å². The van der Waals surface area contributed by atoms with E-state index in [9.17, 15) is 14.9 Å². The topological polar surface area (TPSA) is 97.1 Å². The lowest BCUT2D eigenvalue weighted by atomic mass is 10.0. The van der Waals surface area contributed by atoms with Gasteiger partial charge in [-0.1, -0.05) is 24.3 Å². The highest BCUT2D eigenvalue weighted by Crippen LogP contribution is 2.30. The summed E-state index contributed by atoms with van der Waals surface area (Å²) in [6.07, 6.45) is 3.73. The average molecular weight is 444 g/mol. The number of hydrazone groups is 1. The fourth-order valence-electron chi connectivity index (χ4n) is 3.97. The van der Waals surface area contributed by atoms with E-state index < -0.39 is 10.8 Å². The van der Waals surface area contributed by atoms with E-state index in [0.29, 0.717) is 6.54 Å². The van der Waals surface area contributed by atoms with Crippen LogP contribution in [0, 0.1) is 10.1 Å². The first-order chi connectivity index (χ1) is 16.0. The van der Waals surface area contributed by atoms with Crippen molar-refractivity contribution in [2.24, 2.45) is 5.10 Å². The van der Waals surface area contributed by atoms with Crippen molar-refractivity contribution in [3.8, 4) is 5.75 Å². The van der Waals surface area contributed by atoms with Gasteiger partial charge < -0.3 is 9.64 Å². The molecule has 0 bridgehead atoms. The van der Waals surface area contributed by atoms with Crippen molar-refractivity contribution in [1.29, 1.82) is 0 Å². The minimum absolute atomic E-state index is 0.147. The number of rotatable bonds is 7. The summed E-state index contributed by atoms with van der Waals surface area (Å²) in [5.41, 5.74) is 6.86. The van der Waals surface area contributed by atoms with Gasteiger partial charge in [0.25, 0.3) is 11.6 Å². The molecule has 1 amide bonds. The van der Waals surface area contributed by atoms with Crippen molar-refractivity contribution in [3.05, 3.63) is 99.1 Å². The van der Waals surface area contributed by atoms with Crippen molar-refractivity contribution in [2.45, 2.75) is 19.4 Å². The fourth-order valence-corrected chi connectivity index (χ4v) is 3.97. The highest BCUT2D eigenvalue weighted by Gasteiger charge is 2.18. The average Bonchev–Trinajstić information content (AvgIpc) is 2.84. The van der Waals surface area contributed by atoms with Crippen LogP contribution >= 0.6 is 0 Å². The van der Waals surface area contributed by atoms with Crippen LogP contribution in [0.4, 0.5) is 11.4 Å². The van der Waals surface area contributed by atoms with Gasteiger partial charge in [-0.15, -0.1) is 0 Å². The van der Waals surface area contributed by atoms with Gasteiger partial charge in [0.1, 0.15) is 5.75 Å². The molecule has 8 heteroatoms. The zero-order chi connectivity index (χ0) is 23.2. The van der Waals surface area contributed by atoms with E-state index >= 15 is 0 Å². The number of carbonyl (C=O) groups is 1. The number of methoxy groups -OCH3 is 1. The Kier molecular flexibility index (Phi) is 6.64. The molecule has 0 spiro atoms. The second-order valence-electron chi connectivity index (χ2n) is 7.73. The molecule has 1 aliphatic heterocycles. The second-order valence-corrected chi connectivity index (χ2v) is 7.73. The van der Waals surface area contributed by atoms with Gasteiger partial charge >= 0.3 is 0 Å². The van der Waals surface area contributed by atoms with Crippen LogP contribution < -0.4 is 15.1 Å². The zero-order valence-electron chi connectivity index (χ0n) is 18.2. The summed E-state index contributed by atoms with van der Waals surface area (Å²) in [6, 6.07) is 19.7. The van der Waals surface area contributed by atoms with Gasteiger partial charge in [-0.05, 0) is 54.3 Å². The number of nitrogens with one attached hydrogen (secondary N) is 1. The maximum atomic E-state index is 12.3. The Morgan fingerprint density at radius 1 is 1.18 bits per heavy atom. The van der Waals surface area contributed by atoms with Gasteiger partial charge in [-0.25, -0.2) is 5.43 Å². The number of ether oxygens (including phenoxy) is 1. The number of amides is 1. The third-order valence-corrected chi connectivity index (χ3v) is 5.57. The number of anilines is 1. The number of para-hydroxylation sites is 1. The second kappa shape index (κ2) is 9.95. The van der Waals surface area contributed by atoms with Crippen molar-refractivity contribution >= 4 is 23.5 Å². The van der Waals surface area contributed by atoms with E-state index in [1.807, 2.05) is 18.2 Å². The maximum Gasteiger partial charge on any atom is 0.271 e. The third-order valence-electron chi connectivity index (χ3n) is 5.57. The molecular weight excluding hydrogens is 420 g/mol. The summed E-state index contributed by atoms with van der Waals surface area (Å²) in [5, 5.41) is 14.9. The Hall–Kier alpha value is -4.20. The standard InChI is InChI=1S/C25H24N4O4/c1-33-24-12-11-18(16-26-27-25(30)20-7-4-9-22(15-20)29(31)32)14-21(24)17-28-13-5-8-19-6-2-3-10-23(19)28/h2-4,6-7,9-12,14-16H,5,8,13,17H2,1H3,(H,27,30)/b26-16+. The first-order valence-corrected chi connectivity index (χ1v) is 10.6. The summed E-state index contributed by atoms with van der Waals surface area (Å²) in [4.78, 5) is 25.0. The van der Waals surface area contributed by atoms with Gasteiger partial charge in [0, 0.05) is 42.0 Å². The molecule has 0 atom stereocenters. The van der Waals surface area contributed by atoms with Crippen LogP contribution in [0.5, 0.6) is 5.75 Å². The predicted molar refractivity (Wildman–Crippen MR) is 127 cm³/mol. The summed E-state index contributed by atoms with van der Waals surface area (Å²) in [5.74, 6) is 0.268. The van der Waals surface area contributed by atoms with Crippen LogP contribution in [0.3, 0.4) is 0 Å². The summed E-state index contributed by atoms with van der Waals surface area (Å²) in [6.45, 7) is 1.67. The van der Waals surface area contributed by atoms with Crippen molar-refractivity contribution in [2.75, 3.05) is 18.6 Å². The molecule has 0 radical (unpaired) electrons. The Morgan fingerprint density at radius 3 is 2.85 bits per heavy atom. The third kappa shape index (κ3) is 5.17. The molecule has 0 saturated carbocycles. The van der Waals surface area contributed by atoms with E-state index in [-0.39, 0.29) is 11.3 Å². The molecule has 1 aliphatic rings. The van der Waals surface area contributed by atoms with Crippen LogP contribution in [-0.4, -0.2) is 30.7 Å². The van der Waals surface area contributed by atoms with Crippen LogP contribution in [0.2, 0.25) is 0 Å². The number of nitrogens with zero attached hydrogens (tertiary/aromatic N) is 3. The minimum atomic E-state index is -0.542. The van der Waals surface area contributed by atoms with Gasteiger partial charge in [0.15, 0.2) is 0 Å². The van der Waals surface area contributed by atoms with Gasteiger partial charge in [0.05, 0.1) is 18.2 Å². The molecule has 33 heavy (non-hydrogen) atoms. The molecule has 168 valence electrons. The first-order valence-electron chi connectivity index (χ1n) is 10.6. The quantitative estimate of drug-likeness (QED) is 0.333. The van der Waals surface area contributed by atoms with E-state index in [1.54, 1.807) is 13.3 Å². The molecule has 1 heterocycles. The number of nitro groups is 1. The summed E-state index contributed by atoms with van der Waals surface area (Å²) < 4.78 is 5.56. The number of carbonyl (C=O) groups excluding carboxylic acids is 1. The molecule has 1 N–H and O–H groups in total. The fraction of sp³-hybridized carbons (Fsp3) is 0.200. The number of nitro benzene ring substituents is 1. The maximum absolute atomic E-state index is 12.3. The SMILES string of the molecule is COc1ccc(/C=N/NC(=O)c2cccc([N+](=O)[O-])c2)cc1CN1CCCc2ccccc21. The zero-order valence-corrected chi connectivity index (χ0v) is 18.2. The molecule has 3 aromatic rings. The summed E-state index contributed by atoms with van der Waals surface area (Å²) in [7, 11) is 1.65. The highest BCUT2D eigenvalue weighted by molar-refractivity contribution is 5.95. The lowest BCUT2D eigenvalue weighted by Crippen LogP contribution is -2.29. The van der Waals surface area contributed by atoms with E-state index in [4.69, 9.17) is 4.74 Å². The lowest BCUT2D eigenvalue weighted by molar-refractivity contribution is -0.384. The smallest absolute Gasteiger partial charge is 0.271 e. The van der Waals surface area contributed by atoms with Crippen molar-refractivity contribution < 1.29 is 14.5 Å². The Bertz CT molecular complexity index is 1210. The van der Waals surface area contributed by atoms with Gasteiger partial charge in [0.2, 0.25) is 0 Å². The molecule has 3 aromatic carbocycles. The number of fused-ring (bicyclic) bond motifs is 1. The van der Waals surface area contributed by atoms with Crippen LogP contribution in [0.25, 0.3) is 0 Å². The molecule has 0 aliphatic carbocycles. The molecule has 0 unspecified atom stereocenters. The number of hydrogen-bond donors (Lipinski definition) is 1. The number of hydrogen-bond acceptors (Lipinski definition) is 6. The number of benzene rings is 3. The Morgan fingerprint density at radius 2 is 2.03 bits per heavy atom. The van der Waals surface area contributed by atoms with E-state index in [1.165, 1.54) is 35.5 Å². The van der Waals surface area contributed by atoms with Gasteiger partial charge in [-0.3, -0.25) is 14.9 Å². The largest absolute Gasteiger partial charge is 0.496 e. The van der Waals surface area contributed by atoms with Crippen molar-refractivity contribution in [1.82, 2.24) is 5.43 Å². The lowest BCUT2D eigenvalue weighted by Gasteiger charge is -2.31. The normalized spacial score (nSPS) is 12.9. The molecule has 8 nitrogen and oxygen atoms in total. The van der Waals surface area contributed by atoms with Crippen LogP contribution in [-0.2, 0) is 13.0 Å². The molecule has 0 aromatic heterocycles. The van der Waals surface area contributed by atoms with Gasteiger partial charge in [-0.2, -0.15) is 5.10 Å². The Labute approximate surface area is 191 Å². The molecular formula is C25H24N4O4. The van der Waals surface area contributed by atoms with Crippen LogP contribution in [0.1, 0.15) is 33.5 Å². The monoisotopic (exact) mass is 444 g/mol. The number of aryl methyl sites for hydroxylation is 1. The molecule has 4 rings (SSSR count). The first kappa shape index (κ1) is 22.0. The highest BCUT2D eigenvalue weighted by atomic mass is 16.6. The van der Waals surface area contributed by atoms with E-state index in [2.05, 4.69) is 39.7 Å². The predicted octanol–water partition coefficient (Wildman–Crippen LogP) is 4.32. The molecule has 0 saturated heterocycles. The van der Waals surface area contributed by atoms with Crippen molar-refractivity contribution in [3.63, 3.8) is 0 Å². The minimum Gasteiger partial charge on any atom is -0.496 e.